The van der Waals surface area contributed by atoms with Gasteiger partial charge in [-0.25, -0.2) is 0 Å². The largest absolute Gasteiger partial charge is 0.490 e. The lowest BCUT2D eigenvalue weighted by atomic mass is 10.1. The van der Waals surface area contributed by atoms with E-state index in [2.05, 4.69) is 5.32 Å². The summed E-state index contributed by atoms with van der Waals surface area (Å²) >= 11 is 0. The third-order valence-electron chi connectivity index (χ3n) is 4.26. The van der Waals surface area contributed by atoms with Gasteiger partial charge in [-0.3, -0.25) is 4.79 Å². The highest BCUT2D eigenvalue weighted by Crippen LogP contribution is 2.39. The van der Waals surface area contributed by atoms with Crippen LogP contribution in [0.2, 0.25) is 0 Å². The Labute approximate surface area is 170 Å². The fraction of sp³-hybridized carbons (Fsp3) is 0.409. The summed E-state index contributed by atoms with van der Waals surface area (Å²) in [6.07, 6.45) is 0. The fourth-order valence-corrected chi connectivity index (χ4v) is 3.07. The van der Waals surface area contributed by atoms with Crippen LogP contribution < -0.4 is 29.0 Å². The Balaban J connectivity index is 1.81. The molecule has 29 heavy (non-hydrogen) atoms. The number of carbonyl (C=O) groups excluding carboxylic acids is 1. The Morgan fingerprint density at radius 3 is 2.28 bits per heavy atom. The predicted octanol–water partition coefficient (Wildman–Crippen LogP) is 3.58. The molecular formula is C22H27NO6. The molecule has 2 aromatic rings. The molecule has 1 N–H and O–H groups in total. The molecule has 1 aliphatic rings. The minimum Gasteiger partial charge on any atom is -0.490 e. The second kappa shape index (κ2) is 9.91. The SMILES string of the molecule is CCOc1cc(C(=O)NCc2cccc3c2OCCO3)cc(OCC)c1OCC. The second-order valence-electron chi connectivity index (χ2n) is 6.22. The van der Waals surface area contributed by atoms with Crippen LogP contribution in [0.4, 0.5) is 0 Å². The van der Waals surface area contributed by atoms with Crippen molar-refractivity contribution in [1.29, 1.82) is 0 Å². The van der Waals surface area contributed by atoms with Crippen molar-refractivity contribution in [2.45, 2.75) is 27.3 Å². The van der Waals surface area contributed by atoms with Crippen molar-refractivity contribution in [1.82, 2.24) is 5.32 Å². The number of para-hydroxylation sites is 1. The zero-order valence-corrected chi connectivity index (χ0v) is 17.1. The van der Waals surface area contributed by atoms with Crippen LogP contribution in [0.25, 0.3) is 0 Å². The van der Waals surface area contributed by atoms with Crippen molar-refractivity contribution in [3.8, 4) is 28.7 Å². The van der Waals surface area contributed by atoms with Gasteiger partial charge in [-0.15, -0.1) is 0 Å². The molecule has 0 bridgehead atoms. The molecule has 3 rings (SSSR count). The maximum atomic E-state index is 12.8. The Kier molecular flexibility index (Phi) is 7.05. The number of amides is 1. The average molecular weight is 401 g/mol. The van der Waals surface area contributed by atoms with Crippen LogP contribution in [-0.2, 0) is 6.54 Å². The number of fused-ring (bicyclic) bond motifs is 1. The first-order valence-corrected chi connectivity index (χ1v) is 9.90. The van der Waals surface area contributed by atoms with Crippen LogP contribution in [0, 0.1) is 0 Å². The second-order valence-corrected chi connectivity index (χ2v) is 6.22. The molecule has 0 unspecified atom stereocenters. The maximum Gasteiger partial charge on any atom is 0.251 e. The molecule has 0 saturated heterocycles. The summed E-state index contributed by atoms with van der Waals surface area (Å²) in [7, 11) is 0. The number of benzene rings is 2. The molecular weight excluding hydrogens is 374 g/mol. The average Bonchev–Trinajstić information content (AvgIpc) is 2.74. The minimum atomic E-state index is -0.246. The Hall–Kier alpha value is -3.09. The van der Waals surface area contributed by atoms with Gasteiger partial charge in [0.15, 0.2) is 23.0 Å². The Morgan fingerprint density at radius 2 is 1.62 bits per heavy atom. The van der Waals surface area contributed by atoms with Crippen molar-refractivity contribution in [2.24, 2.45) is 0 Å². The van der Waals surface area contributed by atoms with Gasteiger partial charge < -0.3 is 29.0 Å². The van der Waals surface area contributed by atoms with Gasteiger partial charge in [-0.05, 0) is 39.0 Å². The van der Waals surface area contributed by atoms with Gasteiger partial charge in [-0.1, -0.05) is 12.1 Å². The van der Waals surface area contributed by atoms with E-state index in [0.717, 1.165) is 5.56 Å². The van der Waals surface area contributed by atoms with E-state index < -0.39 is 0 Å². The quantitative estimate of drug-likeness (QED) is 0.692. The smallest absolute Gasteiger partial charge is 0.251 e. The molecule has 0 aromatic heterocycles. The minimum absolute atomic E-state index is 0.246. The van der Waals surface area contributed by atoms with Crippen molar-refractivity contribution in [2.75, 3.05) is 33.0 Å². The van der Waals surface area contributed by atoms with Gasteiger partial charge in [0.25, 0.3) is 5.91 Å². The van der Waals surface area contributed by atoms with E-state index in [4.69, 9.17) is 23.7 Å². The third-order valence-corrected chi connectivity index (χ3v) is 4.26. The van der Waals surface area contributed by atoms with Crippen molar-refractivity contribution >= 4 is 5.91 Å². The standard InChI is InChI=1S/C22H27NO6/c1-4-25-18-12-16(13-19(26-5-2)21(18)27-6-3)22(24)23-14-15-8-7-9-17-20(15)29-11-10-28-17/h7-9,12-13H,4-6,10-11,14H2,1-3H3,(H,23,24). The van der Waals surface area contributed by atoms with Crippen LogP contribution in [0.1, 0.15) is 36.7 Å². The van der Waals surface area contributed by atoms with E-state index in [0.29, 0.717) is 73.9 Å². The molecule has 2 aromatic carbocycles. The summed E-state index contributed by atoms with van der Waals surface area (Å²) in [5.41, 5.74) is 1.29. The molecule has 7 heteroatoms. The first kappa shape index (κ1) is 20.6. The lowest BCUT2D eigenvalue weighted by Crippen LogP contribution is -2.24. The molecule has 0 aliphatic carbocycles. The molecule has 0 spiro atoms. The highest BCUT2D eigenvalue weighted by atomic mass is 16.6. The van der Waals surface area contributed by atoms with Gasteiger partial charge in [0.05, 0.1) is 19.8 Å². The summed E-state index contributed by atoms with van der Waals surface area (Å²) in [5.74, 6) is 2.61. The van der Waals surface area contributed by atoms with Crippen LogP contribution in [0.5, 0.6) is 28.7 Å². The monoisotopic (exact) mass is 401 g/mol. The zero-order chi connectivity index (χ0) is 20.6. The van der Waals surface area contributed by atoms with E-state index in [1.807, 2.05) is 39.0 Å². The van der Waals surface area contributed by atoms with Crippen LogP contribution >= 0.6 is 0 Å². The van der Waals surface area contributed by atoms with Gasteiger partial charge in [0.1, 0.15) is 13.2 Å². The lowest BCUT2D eigenvalue weighted by molar-refractivity contribution is 0.0948. The molecule has 0 radical (unpaired) electrons. The van der Waals surface area contributed by atoms with E-state index in [9.17, 15) is 4.79 Å². The number of rotatable bonds is 9. The van der Waals surface area contributed by atoms with Gasteiger partial charge in [0.2, 0.25) is 5.75 Å². The summed E-state index contributed by atoms with van der Waals surface area (Å²) in [5, 5.41) is 2.93. The highest BCUT2D eigenvalue weighted by molar-refractivity contribution is 5.95. The molecule has 1 heterocycles. The van der Waals surface area contributed by atoms with Crippen molar-refractivity contribution in [3.05, 3.63) is 41.5 Å². The molecule has 0 fully saturated rings. The number of hydrogen-bond donors (Lipinski definition) is 1. The molecule has 0 atom stereocenters. The van der Waals surface area contributed by atoms with Crippen molar-refractivity contribution < 1.29 is 28.5 Å². The number of hydrogen-bond acceptors (Lipinski definition) is 6. The topological polar surface area (TPSA) is 75.3 Å². The van der Waals surface area contributed by atoms with Gasteiger partial charge >= 0.3 is 0 Å². The molecule has 1 aliphatic heterocycles. The van der Waals surface area contributed by atoms with Gasteiger partial charge in [-0.2, -0.15) is 0 Å². The van der Waals surface area contributed by atoms with E-state index in [-0.39, 0.29) is 5.91 Å². The lowest BCUT2D eigenvalue weighted by Gasteiger charge is -2.21. The zero-order valence-electron chi connectivity index (χ0n) is 17.1. The summed E-state index contributed by atoms with van der Waals surface area (Å²) in [6.45, 7) is 8.33. The highest BCUT2D eigenvalue weighted by Gasteiger charge is 2.20. The molecule has 156 valence electrons. The maximum absolute atomic E-state index is 12.8. The first-order valence-electron chi connectivity index (χ1n) is 9.90. The Morgan fingerprint density at radius 1 is 0.966 bits per heavy atom. The normalized spacial score (nSPS) is 12.2. The first-order chi connectivity index (χ1) is 14.2. The summed E-state index contributed by atoms with van der Waals surface area (Å²) in [6, 6.07) is 8.99. The summed E-state index contributed by atoms with van der Waals surface area (Å²) < 4.78 is 28.4. The molecule has 0 saturated carbocycles. The van der Waals surface area contributed by atoms with E-state index in [1.54, 1.807) is 12.1 Å². The van der Waals surface area contributed by atoms with E-state index in [1.165, 1.54) is 0 Å². The third kappa shape index (κ3) is 4.85. The summed E-state index contributed by atoms with van der Waals surface area (Å²) in [4.78, 5) is 12.8. The van der Waals surface area contributed by atoms with Gasteiger partial charge in [0, 0.05) is 17.7 Å². The van der Waals surface area contributed by atoms with Crippen LogP contribution in [-0.4, -0.2) is 38.9 Å². The molecule has 7 nitrogen and oxygen atoms in total. The fourth-order valence-electron chi connectivity index (χ4n) is 3.07. The van der Waals surface area contributed by atoms with E-state index >= 15 is 0 Å². The van der Waals surface area contributed by atoms with Crippen molar-refractivity contribution in [3.63, 3.8) is 0 Å². The predicted molar refractivity (Wildman–Crippen MR) is 109 cm³/mol. The molecule has 1 amide bonds. The van der Waals surface area contributed by atoms with Crippen LogP contribution in [0.3, 0.4) is 0 Å². The Bertz CT molecular complexity index is 824. The number of ether oxygens (including phenoxy) is 5. The number of nitrogens with one attached hydrogen (secondary N) is 1. The number of carbonyl (C=O) groups is 1. The van der Waals surface area contributed by atoms with Crippen LogP contribution in [0.15, 0.2) is 30.3 Å².